The van der Waals surface area contributed by atoms with Gasteiger partial charge in [0, 0.05) is 16.7 Å². The molecule has 1 aliphatic rings. The van der Waals surface area contributed by atoms with Crippen LogP contribution in [0.4, 0.5) is 15.8 Å². The molecule has 2 aromatic rings. The number of hydrogen-bond donors (Lipinski definition) is 1. The molecular weight excluding hydrogens is 363 g/mol. The first kappa shape index (κ1) is 19.4. The van der Waals surface area contributed by atoms with Gasteiger partial charge in [0.2, 0.25) is 11.8 Å². The van der Waals surface area contributed by atoms with Gasteiger partial charge in [0.05, 0.1) is 11.4 Å². The van der Waals surface area contributed by atoms with E-state index in [0.717, 1.165) is 11.1 Å². The van der Waals surface area contributed by atoms with Crippen molar-refractivity contribution in [1.82, 2.24) is 0 Å². The van der Waals surface area contributed by atoms with Crippen LogP contribution in [0.2, 0.25) is 0 Å². The van der Waals surface area contributed by atoms with E-state index in [1.165, 1.54) is 22.7 Å². The fraction of sp³-hybridized carbons (Fsp3) is 0.333. The van der Waals surface area contributed by atoms with E-state index in [1.807, 2.05) is 52.0 Å². The highest BCUT2D eigenvalue weighted by molar-refractivity contribution is 8.00. The summed E-state index contributed by atoms with van der Waals surface area (Å²) in [6, 6.07) is 12.1. The lowest BCUT2D eigenvalue weighted by Crippen LogP contribution is -2.31. The van der Waals surface area contributed by atoms with Gasteiger partial charge < -0.3 is 5.32 Å². The maximum atomic E-state index is 14.5. The summed E-state index contributed by atoms with van der Waals surface area (Å²) in [5.41, 5.74) is 2.03. The van der Waals surface area contributed by atoms with Crippen LogP contribution in [-0.4, -0.2) is 17.6 Å². The first-order chi connectivity index (χ1) is 12.7. The number of thioether (sulfide) groups is 1. The SMILES string of the molecule is Cc1ccc(F)c(N2C(=O)CSC2c2ccccc2NC(=O)C(C)(C)C)c1. The Labute approximate surface area is 163 Å². The van der Waals surface area contributed by atoms with Crippen LogP contribution in [0.1, 0.15) is 37.3 Å². The number of nitrogens with one attached hydrogen (secondary N) is 1. The molecule has 142 valence electrons. The first-order valence-electron chi connectivity index (χ1n) is 8.78. The van der Waals surface area contributed by atoms with Crippen LogP contribution in [0.25, 0.3) is 0 Å². The highest BCUT2D eigenvalue weighted by atomic mass is 32.2. The number of amides is 2. The van der Waals surface area contributed by atoms with Crippen LogP contribution in [0.15, 0.2) is 42.5 Å². The third-order valence-corrected chi connectivity index (χ3v) is 5.58. The number of rotatable bonds is 3. The van der Waals surface area contributed by atoms with Gasteiger partial charge >= 0.3 is 0 Å². The van der Waals surface area contributed by atoms with Crippen LogP contribution >= 0.6 is 11.8 Å². The smallest absolute Gasteiger partial charge is 0.238 e. The predicted molar refractivity (Wildman–Crippen MR) is 108 cm³/mol. The number of hydrogen-bond acceptors (Lipinski definition) is 3. The van der Waals surface area contributed by atoms with Crippen LogP contribution in [0, 0.1) is 18.2 Å². The lowest BCUT2D eigenvalue weighted by atomic mass is 9.95. The zero-order chi connectivity index (χ0) is 19.8. The Kier molecular flexibility index (Phi) is 5.29. The van der Waals surface area contributed by atoms with Gasteiger partial charge in [-0.25, -0.2) is 4.39 Å². The summed E-state index contributed by atoms with van der Waals surface area (Å²) in [7, 11) is 0. The van der Waals surface area contributed by atoms with Gasteiger partial charge in [-0.1, -0.05) is 45.0 Å². The van der Waals surface area contributed by atoms with Crippen molar-refractivity contribution < 1.29 is 14.0 Å². The quantitative estimate of drug-likeness (QED) is 0.816. The second-order valence-electron chi connectivity index (χ2n) is 7.67. The number of carbonyl (C=O) groups is 2. The first-order valence-corrected chi connectivity index (χ1v) is 9.83. The molecule has 2 amide bonds. The molecule has 1 aliphatic heterocycles. The van der Waals surface area contributed by atoms with Gasteiger partial charge in [0.15, 0.2) is 0 Å². The summed E-state index contributed by atoms with van der Waals surface area (Å²) >= 11 is 1.43. The molecule has 2 aromatic carbocycles. The Morgan fingerprint density at radius 2 is 1.93 bits per heavy atom. The van der Waals surface area contributed by atoms with Gasteiger partial charge in [0.1, 0.15) is 11.2 Å². The lowest BCUT2D eigenvalue weighted by Gasteiger charge is -2.27. The standard InChI is InChI=1S/C21H23FN2O2S/c1-13-9-10-15(22)17(11-13)24-18(25)12-27-19(24)14-7-5-6-8-16(14)23-20(26)21(2,3)4/h5-11,19H,12H2,1-4H3,(H,23,26). The van der Waals surface area contributed by atoms with Gasteiger partial charge in [-0.15, -0.1) is 11.8 Å². The minimum atomic E-state index is -0.548. The zero-order valence-corrected chi connectivity index (χ0v) is 16.7. The van der Waals surface area contributed by atoms with Gasteiger partial charge in [-0.05, 0) is 30.7 Å². The van der Waals surface area contributed by atoms with Crippen LogP contribution in [0.3, 0.4) is 0 Å². The molecule has 4 nitrogen and oxygen atoms in total. The van der Waals surface area contributed by atoms with Crippen molar-refractivity contribution >= 4 is 35.0 Å². The van der Waals surface area contributed by atoms with E-state index in [9.17, 15) is 14.0 Å². The predicted octanol–water partition coefficient (Wildman–Crippen LogP) is 4.90. The molecule has 1 N–H and O–H groups in total. The topological polar surface area (TPSA) is 49.4 Å². The number of benzene rings is 2. The summed E-state index contributed by atoms with van der Waals surface area (Å²) in [5.74, 6) is -0.429. The number of carbonyl (C=O) groups excluding carboxylic acids is 2. The molecule has 1 heterocycles. The number of nitrogens with zero attached hydrogens (tertiary/aromatic N) is 1. The molecule has 0 saturated carbocycles. The van der Waals surface area contributed by atoms with Crippen LogP contribution in [-0.2, 0) is 9.59 Å². The highest BCUT2D eigenvalue weighted by Crippen LogP contribution is 2.45. The van der Waals surface area contributed by atoms with E-state index in [0.29, 0.717) is 5.69 Å². The van der Waals surface area contributed by atoms with Crippen molar-refractivity contribution in [3.8, 4) is 0 Å². The van der Waals surface area contributed by atoms with Crippen molar-refractivity contribution in [3.05, 3.63) is 59.4 Å². The van der Waals surface area contributed by atoms with E-state index in [1.54, 1.807) is 12.1 Å². The third kappa shape index (κ3) is 4.00. The molecule has 0 bridgehead atoms. The van der Waals surface area contributed by atoms with Crippen LogP contribution < -0.4 is 10.2 Å². The minimum Gasteiger partial charge on any atom is -0.325 e. The molecule has 0 spiro atoms. The molecule has 3 rings (SSSR count). The van der Waals surface area contributed by atoms with Gasteiger partial charge in [-0.2, -0.15) is 0 Å². The highest BCUT2D eigenvalue weighted by Gasteiger charge is 2.37. The van der Waals surface area contributed by atoms with Crippen molar-refractivity contribution in [3.63, 3.8) is 0 Å². The minimum absolute atomic E-state index is 0.113. The fourth-order valence-electron chi connectivity index (χ4n) is 2.86. The molecule has 6 heteroatoms. The van der Waals surface area contributed by atoms with E-state index >= 15 is 0 Å². The third-order valence-electron chi connectivity index (χ3n) is 4.39. The summed E-state index contributed by atoms with van der Waals surface area (Å²) in [6.45, 7) is 7.39. The second kappa shape index (κ2) is 7.35. The fourth-order valence-corrected chi connectivity index (χ4v) is 4.06. The summed E-state index contributed by atoms with van der Waals surface area (Å²) in [4.78, 5) is 26.5. The van der Waals surface area contributed by atoms with E-state index in [4.69, 9.17) is 0 Å². The molecule has 0 aliphatic carbocycles. The van der Waals surface area contributed by atoms with Gasteiger partial charge in [0.25, 0.3) is 0 Å². The number of halogens is 1. The van der Waals surface area contributed by atoms with Crippen molar-refractivity contribution in [1.29, 1.82) is 0 Å². The Morgan fingerprint density at radius 1 is 1.22 bits per heavy atom. The van der Waals surface area contributed by atoms with Crippen molar-refractivity contribution in [2.45, 2.75) is 33.1 Å². The Bertz CT molecular complexity index is 892. The number of aryl methyl sites for hydroxylation is 1. The average molecular weight is 386 g/mol. The summed E-state index contributed by atoms with van der Waals surface area (Å²) in [5, 5.41) is 2.56. The molecule has 27 heavy (non-hydrogen) atoms. The Morgan fingerprint density at radius 3 is 2.63 bits per heavy atom. The monoisotopic (exact) mass is 386 g/mol. The van der Waals surface area contributed by atoms with E-state index in [-0.39, 0.29) is 23.3 Å². The normalized spacial score (nSPS) is 17.3. The van der Waals surface area contributed by atoms with Crippen molar-refractivity contribution in [2.24, 2.45) is 5.41 Å². The maximum Gasteiger partial charge on any atom is 0.238 e. The van der Waals surface area contributed by atoms with Gasteiger partial charge in [-0.3, -0.25) is 14.5 Å². The lowest BCUT2D eigenvalue weighted by molar-refractivity contribution is -0.123. The molecule has 0 radical (unpaired) electrons. The Balaban J connectivity index is 2.02. The summed E-state index contributed by atoms with van der Waals surface area (Å²) in [6.07, 6.45) is 0. The molecule has 1 fully saturated rings. The number of anilines is 2. The molecule has 1 saturated heterocycles. The van der Waals surface area contributed by atoms with E-state index < -0.39 is 16.6 Å². The number of para-hydroxylation sites is 1. The molecule has 1 unspecified atom stereocenters. The van der Waals surface area contributed by atoms with Crippen molar-refractivity contribution in [2.75, 3.05) is 16.0 Å². The van der Waals surface area contributed by atoms with E-state index in [2.05, 4.69) is 5.32 Å². The second-order valence-corrected chi connectivity index (χ2v) is 8.74. The molecule has 0 aromatic heterocycles. The largest absolute Gasteiger partial charge is 0.325 e. The Hall–Kier alpha value is -2.34. The molecular formula is C21H23FN2O2S. The zero-order valence-electron chi connectivity index (χ0n) is 15.9. The van der Waals surface area contributed by atoms with Crippen LogP contribution in [0.5, 0.6) is 0 Å². The molecule has 1 atom stereocenters. The summed E-state index contributed by atoms with van der Waals surface area (Å²) < 4.78 is 14.5. The maximum absolute atomic E-state index is 14.5. The average Bonchev–Trinajstić information content (AvgIpc) is 2.98.